The van der Waals surface area contributed by atoms with Crippen LogP contribution in [0.1, 0.15) is 131 Å². The molecule has 4 heterocycles. The fourth-order valence-electron chi connectivity index (χ4n) is 10.4. The highest BCUT2D eigenvalue weighted by molar-refractivity contribution is 7.17. The maximum absolute atomic E-state index is 13.8. The molecule has 14 heteroatoms. The number of carbonyl (C=O) groups excluding carboxylic acids is 5. The summed E-state index contributed by atoms with van der Waals surface area (Å²) < 4.78 is 15.0. The van der Waals surface area contributed by atoms with Gasteiger partial charge in [-0.25, -0.2) is 4.79 Å². The quantitative estimate of drug-likeness (QED) is 0.0371. The zero-order chi connectivity index (χ0) is 48.2. The molecule has 2 aliphatic heterocycles. The van der Waals surface area contributed by atoms with E-state index in [4.69, 9.17) is 9.47 Å². The van der Waals surface area contributed by atoms with Crippen molar-refractivity contribution in [2.45, 2.75) is 96.6 Å². The molecule has 4 aromatic carbocycles. The number of fused-ring (bicyclic) bond motifs is 7. The van der Waals surface area contributed by atoms with Crippen molar-refractivity contribution in [2.24, 2.45) is 11.8 Å². The van der Waals surface area contributed by atoms with Gasteiger partial charge in [0.2, 0.25) is 11.8 Å². The molecule has 3 aliphatic rings. The lowest BCUT2D eigenvalue weighted by Crippen LogP contribution is -2.35. The first-order valence-corrected chi connectivity index (χ1v) is 25.1. The predicted octanol–water partition coefficient (Wildman–Crippen LogP) is 10.3. The number of hydrogen-bond donors (Lipinski definition) is 4. The number of aromatic hydroxyl groups is 2. The van der Waals surface area contributed by atoms with Gasteiger partial charge < -0.3 is 39.8 Å². The van der Waals surface area contributed by atoms with E-state index in [0.29, 0.717) is 54.0 Å². The van der Waals surface area contributed by atoms with Crippen LogP contribution >= 0.6 is 11.3 Å². The van der Waals surface area contributed by atoms with Crippen LogP contribution in [-0.2, 0) is 26.5 Å². The fourth-order valence-corrected chi connectivity index (χ4v) is 11.2. The molecule has 0 atom stereocenters. The summed E-state index contributed by atoms with van der Waals surface area (Å²) in [5, 5.41) is 28.5. The SMILES string of the molecule is CCN(C(=O)Cn1c(C(=O)CC2CCC(C(=O)NCCCCCCCCNC(=O)c3ccc4c(c3)C(=O)OC43c4ccc(O)cc4Oc4cc(O)ccc43)CC2)cc2sccc21)c1cccc(C)c1. The second-order valence-corrected chi connectivity index (χ2v) is 19.5. The summed E-state index contributed by atoms with van der Waals surface area (Å²) in [6.45, 7) is 5.71. The van der Waals surface area contributed by atoms with Crippen LogP contribution in [0.4, 0.5) is 5.69 Å². The molecule has 0 saturated heterocycles. The predicted molar refractivity (Wildman–Crippen MR) is 264 cm³/mol. The van der Waals surface area contributed by atoms with Gasteiger partial charge in [0.25, 0.3) is 5.91 Å². The van der Waals surface area contributed by atoms with Crippen molar-refractivity contribution in [3.8, 4) is 23.0 Å². The van der Waals surface area contributed by atoms with Crippen molar-refractivity contribution in [3.63, 3.8) is 0 Å². The Hall–Kier alpha value is -6.93. The van der Waals surface area contributed by atoms with Gasteiger partial charge in [-0.3, -0.25) is 19.2 Å². The highest BCUT2D eigenvalue weighted by Crippen LogP contribution is 2.57. The number of benzene rings is 4. The first kappa shape index (κ1) is 47.1. The van der Waals surface area contributed by atoms with E-state index in [0.717, 1.165) is 85.7 Å². The van der Waals surface area contributed by atoms with E-state index in [1.54, 1.807) is 46.6 Å². The number of likely N-dealkylation sites (N-methyl/N-ethyl adjacent to an activating group) is 1. The molecule has 69 heavy (non-hydrogen) atoms. The number of aryl methyl sites for hydroxylation is 1. The van der Waals surface area contributed by atoms with Crippen molar-refractivity contribution in [2.75, 3.05) is 24.5 Å². The molecule has 0 unspecified atom stereocenters. The van der Waals surface area contributed by atoms with Gasteiger partial charge in [-0.15, -0.1) is 11.3 Å². The lowest BCUT2D eigenvalue weighted by Gasteiger charge is -2.36. The molecule has 2 aromatic heterocycles. The van der Waals surface area contributed by atoms with Gasteiger partial charge in [-0.2, -0.15) is 0 Å². The van der Waals surface area contributed by atoms with Crippen LogP contribution in [0.15, 0.2) is 96.4 Å². The minimum absolute atomic E-state index is 0.0295. The number of esters is 1. The number of Topliss-reactive ketones (excluding diaryl/α,β-unsaturated/α-hetero) is 1. The molecular weight excluding hydrogens is 893 g/mol. The minimum atomic E-state index is -1.39. The number of amides is 3. The van der Waals surface area contributed by atoms with E-state index < -0.39 is 11.6 Å². The highest BCUT2D eigenvalue weighted by Gasteiger charge is 2.54. The van der Waals surface area contributed by atoms with E-state index in [2.05, 4.69) is 10.6 Å². The number of anilines is 1. The maximum Gasteiger partial charge on any atom is 0.340 e. The summed E-state index contributed by atoms with van der Waals surface area (Å²) in [7, 11) is 0. The number of hydrogen-bond acceptors (Lipinski definition) is 10. The summed E-state index contributed by atoms with van der Waals surface area (Å²) in [4.78, 5) is 69.0. The molecule has 6 aromatic rings. The van der Waals surface area contributed by atoms with Gasteiger partial charge in [0.15, 0.2) is 11.4 Å². The molecule has 0 radical (unpaired) electrons. The summed E-state index contributed by atoms with van der Waals surface area (Å²) in [5.74, 6) is -0.138. The maximum atomic E-state index is 13.8. The molecule has 1 spiro atoms. The van der Waals surface area contributed by atoms with E-state index in [9.17, 15) is 34.2 Å². The second kappa shape index (κ2) is 20.3. The van der Waals surface area contributed by atoms with Gasteiger partial charge in [-0.05, 0) is 130 Å². The molecule has 13 nitrogen and oxygen atoms in total. The van der Waals surface area contributed by atoms with Crippen molar-refractivity contribution in [1.29, 1.82) is 0 Å². The van der Waals surface area contributed by atoms with Crippen LogP contribution in [0, 0.1) is 18.8 Å². The van der Waals surface area contributed by atoms with E-state index in [1.165, 1.54) is 24.3 Å². The third-order valence-corrected chi connectivity index (χ3v) is 14.8. The highest BCUT2D eigenvalue weighted by atomic mass is 32.1. The van der Waals surface area contributed by atoms with Crippen molar-refractivity contribution in [3.05, 3.63) is 135 Å². The van der Waals surface area contributed by atoms with Crippen LogP contribution in [0.25, 0.3) is 10.2 Å². The van der Waals surface area contributed by atoms with Gasteiger partial charge in [0.1, 0.15) is 29.5 Å². The molecule has 358 valence electrons. The number of nitrogens with zero attached hydrogens (tertiary/aromatic N) is 2. The summed E-state index contributed by atoms with van der Waals surface area (Å²) in [6.07, 6.45) is 9.22. The monoisotopic (exact) mass is 950 g/mol. The van der Waals surface area contributed by atoms with Crippen molar-refractivity contribution in [1.82, 2.24) is 15.2 Å². The summed E-state index contributed by atoms with van der Waals surface area (Å²) in [5.41, 5.74) is 4.19. The Morgan fingerprint density at radius 2 is 1.45 bits per heavy atom. The Morgan fingerprint density at radius 1 is 0.783 bits per heavy atom. The van der Waals surface area contributed by atoms with E-state index in [-0.39, 0.29) is 70.4 Å². The zero-order valence-corrected chi connectivity index (χ0v) is 39.9. The fraction of sp³-hybridized carbons (Fsp3) is 0.364. The van der Waals surface area contributed by atoms with Crippen LogP contribution in [0.2, 0.25) is 0 Å². The van der Waals surface area contributed by atoms with Crippen LogP contribution in [0.3, 0.4) is 0 Å². The summed E-state index contributed by atoms with van der Waals surface area (Å²) >= 11 is 1.57. The zero-order valence-electron chi connectivity index (χ0n) is 39.1. The number of phenols is 2. The number of unbranched alkanes of at least 4 members (excludes halogenated alkanes) is 5. The smallest absolute Gasteiger partial charge is 0.340 e. The Balaban J connectivity index is 0.669. The average molecular weight is 951 g/mol. The van der Waals surface area contributed by atoms with E-state index in [1.807, 2.05) is 60.2 Å². The van der Waals surface area contributed by atoms with Crippen molar-refractivity contribution < 1.29 is 43.7 Å². The number of ether oxygens (including phenoxy) is 2. The molecule has 3 amide bonds. The number of rotatable bonds is 18. The lowest BCUT2D eigenvalue weighted by atomic mass is 9.77. The molecule has 4 N–H and O–H groups in total. The van der Waals surface area contributed by atoms with Crippen LogP contribution < -0.4 is 20.3 Å². The second-order valence-electron chi connectivity index (χ2n) is 18.6. The number of phenolic OH excluding ortho intramolecular Hbond substituents is 2. The minimum Gasteiger partial charge on any atom is -0.508 e. The molecule has 1 saturated carbocycles. The summed E-state index contributed by atoms with van der Waals surface area (Å²) in [6, 6.07) is 25.9. The molecule has 0 bridgehead atoms. The van der Waals surface area contributed by atoms with Gasteiger partial charge in [-0.1, -0.05) is 43.9 Å². The number of ketones is 1. The normalized spacial score (nSPS) is 16.5. The van der Waals surface area contributed by atoms with Crippen LogP contribution in [-0.4, -0.2) is 63.9 Å². The Kier molecular flexibility index (Phi) is 13.9. The number of thiophene rings is 1. The topological polar surface area (TPSA) is 176 Å². The number of carbonyl (C=O) groups is 5. The van der Waals surface area contributed by atoms with Gasteiger partial charge in [0, 0.05) is 72.0 Å². The third kappa shape index (κ3) is 9.72. The molecule has 9 rings (SSSR count). The number of nitrogens with one attached hydrogen (secondary N) is 2. The van der Waals surface area contributed by atoms with Crippen molar-refractivity contribution >= 4 is 56.7 Å². The number of aromatic nitrogens is 1. The Bertz CT molecular complexity index is 2880. The Morgan fingerprint density at radius 3 is 2.13 bits per heavy atom. The molecular formula is C55H58N4O9S. The lowest BCUT2D eigenvalue weighted by molar-refractivity contribution is -0.126. The average Bonchev–Trinajstić information content (AvgIpc) is 4.02. The van der Waals surface area contributed by atoms with Crippen LogP contribution in [0.5, 0.6) is 23.0 Å². The van der Waals surface area contributed by atoms with Gasteiger partial charge in [0.05, 0.1) is 21.5 Å². The standard InChI is InChI=1S/C55H58N4O9S/c1-3-58(38-12-10-11-34(2)27-38)51(63)33-59-45-23-26-69-50(45)32-46(59)47(62)28-35-13-15-36(16-14-35)52(64)56-24-8-6-4-5-7-9-25-57-53(65)37-17-20-42-41(29-37)54(66)68-55(42)43-21-18-39(60)30-48(43)67-49-31-40(61)19-22-44(49)55/h10-12,17-23,26-27,29-32,35-36,60-61H,3-9,13-16,24-25,28,33H2,1-2H3,(H,56,64)(H,57,65). The molecule has 1 aliphatic carbocycles. The molecule has 1 fully saturated rings. The Labute approximate surface area is 405 Å². The largest absolute Gasteiger partial charge is 0.508 e. The van der Waals surface area contributed by atoms with E-state index >= 15 is 0 Å². The first-order valence-electron chi connectivity index (χ1n) is 24.2. The first-order chi connectivity index (χ1) is 33.4. The third-order valence-electron chi connectivity index (χ3n) is 13.9. The van der Waals surface area contributed by atoms with Gasteiger partial charge >= 0.3 is 5.97 Å².